The van der Waals surface area contributed by atoms with Crippen LogP contribution in [-0.4, -0.2) is 46.9 Å². The molecule has 3 N–H and O–H groups in total. The fourth-order valence-corrected chi connectivity index (χ4v) is 8.79. The van der Waals surface area contributed by atoms with Crippen molar-refractivity contribution >= 4 is 11.9 Å². The molecule has 358 valence electrons. The van der Waals surface area contributed by atoms with Crippen molar-refractivity contribution in [1.82, 2.24) is 5.32 Å². The number of amides is 1. The number of hydrogen-bond acceptors (Lipinski definition) is 5. The van der Waals surface area contributed by atoms with Gasteiger partial charge in [0.25, 0.3) is 0 Å². The zero-order chi connectivity index (χ0) is 43.8. The molecule has 3 atom stereocenters. The third kappa shape index (κ3) is 43.5. The van der Waals surface area contributed by atoms with Crippen LogP contribution in [0.4, 0.5) is 0 Å². The Labute approximate surface area is 375 Å². The van der Waals surface area contributed by atoms with Crippen molar-refractivity contribution in [1.29, 1.82) is 0 Å². The lowest BCUT2D eigenvalue weighted by Crippen LogP contribution is -2.46. The average Bonchev–Trinajstić information content (AvgIpc) is 3.24. The van der Waals surface area contributed by atoms with Gasteiger partial charge in [0.05, 0.1) is 25.2 Å². The Hall–Kier alpha value is -1.14. The second-order valence-electron chi connectivity index (χ2n) is 19.0. The molecular weight excluding hydrogens is 743 g/mol. The molecule has 3 unspecified atom stereocenters. The number of esters is 1. The Morgan fingerprint density at radius 3 is 1.02 bits per heavy atom. The molecule has 0 fully saturated rings. The van der Waals surface area contributed by atoms with E-state index in [2.05, 4.69) is 26.1 Å². The molecule has 6 heteroatoms. The molecule has 0 aliphatic rings. The minimum absolute atomic E-state index is 0.0879. The summed E-state index contributed by atoms with van der Waals surface area (Å²) < 4.78 is 5.94. The van der Waals surface area contributed by atoms with Crippen molar-refractivity contribution in [2.75, 3.05) is 6.61 Å². The van der Waals surface area contributed by atoms with Gasteiger partial charge in [0.2, 0.25) is 5.91 Å². The quantitative estimate of drug-likeness (QED) is 0.0419. The van der Waals surface area contributed by atoms with Gasteiger partial charge >= 0.3 is 5.97 Å². The lowest BCUT2D eigenvalue weighted by Gasteiger charge is -2.24. The predicted molar refractivity (Wildman–Crippen MR) is 260 cm³/mol. The Morgan fingerprint density at radius 2 is 0.700 bits per heavy atom. The normalized spacial score (nSPS) is 13.1. The van der Waals surface area contributed by atoms with Crippen molar-refractivity contribution < 1.29 is 24.5 Å². The van der Waals surface area contributed by atoms with E-state index in [0.717, 1.165) is 44.9 Å². The maximum absolute atomic E-state index is 13.2. The van der Waals surface area contributed by atoms with Crippen LogP contribution < -0.4 is 5.32 Å². The van der Waals surface area contributed by atoms with Crippen molar-refractivity contribution in [2.24, 2.45) is 0 Å². The summed E-state index contributed by atoms with van der Waals surface area (Å²) in [5, 5.41) is 23.8. The third-order valence-corrected chi connectivity index (χ3v) is 12.9. The first kappa shape index (κ1) is 58.9. The van der Waals surface area contributed by atoms with E-state index in [1.54, 1.807) is 0 Å². The first-order valence-electron chi connectivity index (χ1n) is 27.3. The average molecular weight is 850 g/mol. The van der Waals surface area contributed by atoms with Gasteiger partial charge in [-0.3, -0.25) is 9.59 Å². The number of unbranched alkanes of at least 4 members (excludes halogenated alkanes) is 38. The van der Waals surface area contributed by atoms with Gasteiger partial charge in [0.15, 0.2) is 0 Å². The summed E-state index contributed by atoms with van der Waals surface area (Å²) in [4.78, 5) is 26.1. The minimum atomic E-state index is -0.779. The largest absolute Gasteiger partial charge is 0.462 e. The van der Waals surface area contributed by atoms with E-state index in [1.807, 2.05) is 0 Å². The standard InChI is InChI=1S/C54H107NO5/c1-4-7-10-13-16-19-22-24-25-26-27-29-32-34-37-40-43-46-52(57)51(49-56)55-53(58)48-50(45-42-39-36-33-31-28-23-20-17-14-11-8-5-2)60-54(59)47-44-41-38-35-30-21-18-15-12-9-6-3/h50-52,56-57H,4-49H2,1-3H3,(H,55,58). The molecule has 0 aliphatic carbocycles. The monoisotopic (exact) mass is 850 g/mol. The molecule has 6 nitrogen and oxygen atoms in total. The number of nitrogens with one attached hydrogen (secondary N) is 1. The summed E-state index contributed by atoms with van der Waals surface area (Å²) in [6.45, 7) is 6.52. The second kappa shape index (κ2) is 48.9. The smallest absolute Gasteiger partial charge is 0.306 e. The van der Waals surface area contributed by atoms with E-state index in [4.69, 9.17) is 4.74 Å². The van der Waals surface area contributed by atoms with Crippen LogP contribution in [0, 0.1) is 0 Å². The lowest BCUT2D eigenvalue weighted by molar-refractivity contribution is -0.151. The first-order chi connectivity index (χ1) is 29.5. The highest BCUT2D eigenvalue weighted by molar-refractivity contribution is 5.77. The molecule has 0 aromatic carbocycles. The van der Waals surface area contributed by atoms with Crippen molar-refractivity contribution in [2.45, 2.75) is 328 Å². The number of hydrogen-bond donors (Lipinski definition) is 3. The second-order valence-corrected chi connectivity index (χ2v) is 19.0. The maximum atomic E-state index is 13.2. The fourth-order valence-electron chi connectivity index (χ4n) is 8.79. The Balaban J connectivity index is 4.43. The lowest BCUT2D eigenvalue weighted by atomic mass is 10.0. The molecule has 60 heavy (non-hydrogen) atoms. The van der Waals surface area contributed by atoms with Crippen LogP contribution in [0.25, 0.3) is 0 Å². The predicted octanol–water partition coefficient (Wildman–Crippen LogP) is 16.4. The highest BCUT2D eigenvalue weighted by Crippen LogP contribution is 2.19. The topological polar surface area (TPSA) is 95.9 Å². The Kier molecular flexibility index (Phi) is 48.0. The molecule has 0 heterocycles. The van der Waals surface area contributed by atoms with Crippen LogP contribution in [0.15, 0.2) is 0 Å². The molecule has 0 aromatic heterocycles. The number of rotatable bonds is 50. The molecule has 0 aliphatic heterocycles. The van der Waals surface area contributed by atoms with Gasteiger partial charge in [-0.05, 0) is 25.7 Å². The van der Waals surface area contributed by atoms with Crippen molar-refractivity contribution in [3.8, 4) is 0 Å². The minimum Gasteiger partial charge on any atom is -0.462 e. The van der Waals surface area contributed by atoms with E-state index < -0.39 is 18.2 Å². The zero-order valence-corrected chi connectivity index (χ0v) is 40.9. The molecule has 1 amide bonds. The van der Waals surface area contributed by atoms with Crippen LogP contribution in [0.5, 0.6) is 0 Å². The van der Waals surface area contributed by atoms with E-state index in [1.165, 1.54) is 218 Å². The number of aliphatic hydroxyl groups excluding tert-OH is 2. The molecule has 0 aromatic rings. The van der Waals surface area contributed by atoms with Gasteiger partial charge in [-0.25, -0.2) is 0 Å². The Morgan fingerprint density at radius 1 is 0.417 bits per heavy atom. The van der Waals surface area contributed by atoms with Crippen LogP contribution in [-0.2, 0) is 14.3 Å². The Bertz CT molecular complexity index is 867. The molecule has 0 radical (unpaired) electrons. The molecular formula is C54H107NO5. The molecule has 0 rings (SSSR count). The van der Waals surface area contributed by atoms with Gasteiger partial charge < -0.3 is 20.3 Å². The van der Waals surface area contributed by atoms with E-state index >= 15 is 0 Å². The summed E-state index contributed by atoms with van der Waals surface area (Å²) in [6, 6.07) is -0.692. The highest BCUT2D eigenvalue weighted by atomic mass is 16.5. The number of ether oxygens (including phenoxy) is 1. The van der Waals surface area contributed by atoms with Gasteiger partial charge in [0, 0.05) is 6.42 Å². The first-order valence-corrected chi connectivity index (χ1v) is 27.3. The van der Waals surface area contributed by atoms with Gasteiger partial charge in [-0.1, -0.05) is 271 Å². The number of aliphatic hydroxyl groups is 2. The summed E-state index contributed by atoms with van der Waals surface area (Å²) in [7, 11) is 0. The highest BCUT2D eigenvalue weighted by Gasteiger charge is 2.24. The van der Waals surface area contributed by atoms with Crippen LogP contribution >= 0.6 is 0 Å². The molecule has 0 saturated carbocycles. The third-order valence-electron chi connectivity index (χ3n) is 12.9. The van der Waals surface area contributed by atoms with Crippen LogP contribution in [0.3, 0.4) is 0 Å². The number of carbonyl (C=O) groups excluding carboxylic acids is 2. The van der Waals surface area contributed by atoms with Crippen LogP contribution in [0.2, 0.25) is 0 Å². The summed E-state index contributed by atoms with van der Waals surface area (Å²) >= 11 is 0. The molecule has 0 saturated heterocycles. The molecule has 0 bridgehead atoms. The van der Waals surface area contributed by atoms with Crippen molar-refractivity contribution in [3.05, 3.63) is 0 Å². The fraction of sp³-hybridized carbons (Fsp3) is 0.963. The number of carbonyl (C=O) groups is 2. The zero-order valence-electron chi connectivity index (χ0n) is 40.9. The summed E-state index contributed by atoms with van der Waals surface area (Å²) in [6.07, 6.45) is 53.1. The SMILES string of the molecule is CCCCCCCCCCCCCCCCCCCC(O)C(CO)NC(=O)CC(CCCCCCCCCCCCCCC)OC(=O)CCCCCCCCCCCCC. The van der Waals surface area contributed by atoms with Crippen molar-refractivity contribution in [3.63, 3.8) is 0 Å². The van der Waals surface area contributed by atoms with E-state index in [-0.39, 0.29) is 24.9 Å². The van der Waals surface area contributed by atoms with E-state index in [9.17, 15) is 19.8 Å². The van der Waals surface area contributed by atoms with Gasteiger partial charge in [0.1, 0.15) is 6.10 Å². The van der Waals surface area contributed by atoms with Gasteiger partial charge in [-0.15, -0.1) is 0 Å². The summed E-state index contributed by atoms with van der Waals surface area (Å²) in [5.41, 5.74) is 0. The van der Waals surface area contributed by atoms with E-state index in [0.29, 0.717) is 19.3 Å². The van der Waals surface area contributed by atoms with Gasteiger partial charge in [-0.2, -0.15) is 0 Å². The molecule has 0 spiro atoms. The maximum Gasteiger partial charge on any atom is 0.306 e. The van der Waals surface area contributed by atoms with Crippen LogP contribution in [0.1, 0.15) is 310 Å². The summed E-state index contributed by atoms with van der Waals surface area (Å²) in [5.74, 6) is -0.450.